The molecule has 0 atom stereocenters. The Morgan fingerprint density at radius 2 is 1.95 bits per heavy atom. The molecule has 0 aromatic heterocycles. The molecule has 2 rings (SSSR count). The molecule has 0 unspecified atom stereocenters. The minimum atomic E-state index is -0.465. The highest BCUT2D eigenvalue weighted by molar-refractivity contribution is 5.94. The van der Waals surface area contributed by atoms with Gasteiger partial charge in [0.15, 0.2) is 0 Å². The zero-order valence-electron chi connectivity index (χ0n) is 12.2. The van der Waals surface area contributed by atoms with Crippen molar-refractivity contribution >= 4 is 5.91 Å². The fraction of sp³-hybridized carbons (Fsp3) is 0.235. The molecule has 3 nitrogen and oxygen atoms in total. The predicted molar refractivity (Wildman–Crippen MR) is 80.2 cm³/mol. The number of hydrogen-bond donors (Lipinski definition) is 1. The Morgan fingerprint density at radius 3 is 2.71 bits per heavy atom. The molecule has 0 bridgehead atoms. The van der Waals surface area contributed by atoms with E-state index in [0.717, 1.165) is 11.3 Å². The van der Waals surface area contributed by atoms with Crippen molar-refractivity contribution in [2.75, 3.05) is 13.7 Å². The van der Waals surface area contributed by atoms with Crippen LogP contribution in [0.25, 0.3) is 0 Å². The normalized spacial score (nSPS) is 10.2. The SMILES string of the molecule is COc1ccccc1CCNC(=O)c1cccc(C)c1F. The van der Waals surface area contributed by atoms with Gasteiger partial charge in [-0.05, 0) is 36.6 Å². The van der Waals surface area contributed by atoms with Crippen molar-refractivity contribution < 1.29 is 13.9 Å². The van der Waals surface area contributed by atoms with E-state index in [-0.39, 0.29) is 5.56 Å². The number of halogens is 1. The fourth-order valence-electron chi connectivity index (χ4n) is 2.14. The summed E-state index contributed by atoms with van der Waals surface area (Å²) in [6, 6.07) is 12.4. The lowest BCUT2D eigenvalue weighted by atomic mass is 10.1. The molecule has 0 aliphatic rings. The third kappa shape index (κ3) is 3.60. The number of carbonyl (C=O) groups excluding carboxylic acids is 1. The molecule has 0 saturated carbocycles. The van der Waals surface area contributed by atoms with E-state index < -0.39 is 11.7 Å². The van der Waals surface area contributed by atoms with E-state index in [1.807, 2.05) is 24.3 Å². The van der Waals surface area contributed by atoms with Gasteiger partial charge in [0.1, 0.15) is 11.6 Å². The molecule has 0 heterocycles. The van der Waals surface area contributed by atoms with Gasteiger partial charge in [0, 0.05) is 6.54 Å². The van der Waals surface area contributed by atoms with Crippen LogP contribution in [0.15, 0.2) is 42.5 Å². The van der Waals surface area contributed by atoms with Crippen LogP contribution >= 0.6 is 0 Å². The van der Waals surface area contributed by atoms with Gasteiger partial charge in [-0.1, -0.05) is 30.3 Å². The Labute approximate surface area is 123 Å². The van der Waals surface area contributed by atoms with E-state index in [2.05, 4.69) is 5.32 Å². The first kappa shape index (κ1) is 15.0. The van der Waals surface area contributed by atoms with Gasteiger partial charge in [-0.2, -0.15) is 0 Å². The van der Waals surface area contributed by atoms with E-state index in [4.69, 9.17) is 4.74 Å². The Hall–Kier alpha value is -2.36. The lowest BCUT2D eigenvalue weighted by Crippen LogP contribution is -2.26. The molecule has 0 radical (unpaired) electrons. The third-order valence-electron chi connectivity index (χ3n) is 3.31. The molecule has 1 N–H and O–H groups in total. The van der Waals surface area contributed by atoms with Gasteiger partial charge < -0.3 is 10.1 Å². The van der Waals surface area contributed by atoms with Gasteiger partial charge in [0.05, 0.1) is 12.7 Å². The summed E-state index contributed by atoms with van der Waals surface area (Å²) in [4.78, 5) is 12.0. The van der Waals surface area contributed by atoms with Crippen molar-refractivity contribution in [3.05, 3.63) is 65.0 Å². The summed E-state index contributed by atoms with van der Waals surface area (Å²) in [7, 11) is 1.61. The predicted octanol–water partition coefficient (Wildman–Crippen LogP) is 3.12. The van der Waals surface area contributed by atoms with Crippen molar-refractivity contribution in [2.24, 2.45) is 0 Å². The summed E-state index contributed by atoms with van der Waals surface area (Å²) in [5, 5.41) is 2.73. The topological polar surface area (TPSA) is 38.3 Å². The first-order chi connectivity index (χ1) is 10.1. The van der Waals surface area contributed by atoms with Crippen molar-refractivity contribution in [1.29, 1.82) is 0 Å². The Bertz CT molecular complexity index is 640. The molecule has 0 saturated heterocycles. The second kappa shape index (κ2) is 6.88. The molecule has 0 aliphatic heterocycles. The first-order valence-corrected chi connectivity index (χ1v) is 6.78. The van der Waals surface area contributed by atoms with E-state index in [1.165, 1.54) is 6.07 Å². The van der Waals surface area contributed by atoms with E-state index in [1.54, 1.807) is 26.2 Å². The van der Waals surface area contributed by atoms with Crippen LogP contribution in [0.2, 0.25) is 0 Å². The monoisotopic (exact) mass is 287 g/mol. The molecule has 2 aromatic carbocycles. The van der Waals surface area contributed by atoms with Crippen molar-refractivity contribution in [2.45, 2.75) is 13.3 Å². The number of methoxy groups -OCH3 is 1. The zero-order chi connectivity index (χ0) is 15.2. The number of aryl methyl sites for hydroxylation is 1. The number of benzene rings is 2. The highest BCUT2D eigenvalue weighted by atomic mass is 19.1. The smallest absolute Gasteiger partial charge is 0.254 e. The summed E-state index contributed by atoms with van der Waals surface area (Å²) in [5.41, 5.74) is 1.55. The van der Waals surface area contributed by atoms with E-state index in [9.17, 15) is 9.18 Å². The third-order valence-corrected chi connectivity index (χ3v) is 3.31. The average Bonchev–Trinajstić information content (AvgIpc) is 2.50. The first-order valence-electron chi connectivity index (χ1n) is 6.78. The standard InChI is InChI=1S/C17H18FNO2/c1-12-6-5-8-14(16(12)18)17(20)19-11-10-13-7-3-4-9-15(13)21-2/h3-9H,10-11H2,1-2H3,(H,19,20). The summed E-state index contributed by atoms with van der Waals surface area (Å²) >= 11 is 0. The highest BCUT2D eigenvalue weighted by Crippen LogP contribution is 2.17. The summed E-state index contributed by atoms with van der Waals surface area (Å²) in [6.45, 7) is 2.06. The van der Waals surface area contributed by atoms with Crippen LogP contribution in [-0.2, 0) is 6.42 Å². The largest absolute Gasteiger partial charge is 0.496 e. The number of nitrogens with one attached hydrogen (secondary N) is 1. The Kier molecular flexibility index (Phi) is 4.93. The van der Waals surface area contributed by atoms with Crippen LogP contribution in [0.1, 0.15) is 21.5 Å². The minimum Gasteiger partial charge on any atom is -0.496 e. The lowest BCUT2D eigenvalue weighted by Gasteiger charge is -2.10. The molecule has 0 fully saturated rings. The van der Waals surface area contributed by atoms with Gasteiger partial charge in [-0.15, -0.1) is 0 Å². The summed E-state index contributed by atoms with van der Waals surface area (Å²) < 4.78 is 19.1. The van der Waals surface area contributed by atoms with Crippen molar-refractivity contribution in [3.8, 4) is 5.75 Å². The second-order valence-electron chi connectivity index (χ2n) is 4.75. The van der Waals surface area contributed by atoms with Gasteiger partial charge >= 0.3 is 0 Å². The van der Waals surface area contributed by atoms with Gasteiger partial charge in [0.25, 0.3) is 5.91 Å². The van der Waals surface area contributed by atoms with Gasteiger partial charge in [-0.25, -0.2) is 4.39 Å². The molecule has 1 amide bonds. The maximum atomic E-state index is 13.8. The highest BCUT2D eigenvalue weighted by Gasteiger charge is 2.12. The number of hydrogen-bond acceptors (Lipinski definition) is 2. The number of ether oxygens (including phenoxy) is 1. The van der Waals surface area contributed by atoms with Crippen LogP contribution in [0.5, 0.6) is 5.75 Å². The van der Waals surface area contributed by atoms with E-state index >= 15 is 0 Å². The molecule has 0 spiro atoms. The van der Waals surface area contributed by atoms with Crippen LogP contribution in [0.4, 0.5) is 4.39 Å². The molecule has 4 heteroatoms. The van der Waals surface area contributed by atoms with Crippen LogP contribution in [0.3, 0.4) is 0 Å². The maximum absolute atomic E-state index is 13.8. The quantitative estimate of drug-likeness (QED) is 0.917. The average molecular weight is 287 g/mol. The molecule has 110 valence electrons. The molecular formula is C17H18FNO2. The lowest BCUT2D eigenvalue weighted by molar-refractivity contribution is 0.0950. The molecule has 2 aromatic rings. The minimum absolute atomic E-state index is 0.0787. The van der Waals surface area contributed by atoms with Crippen LogP contribution < -0.4 is 10.1 Å². The Morgan fingerprint density at radius 1 is 1.19 bits per heavy atom. The Balaban J connectivity index is 1.97. The molecule has 21 heavy (non-hydrogen) atoms. The summed E-state index contributed by atoms with van der Waals surface area (Å²) in [5.74, 6) is -0.0770. The number of amides is 1. The molecular weight excluding hydrogens is 269 g/mol. The van der Waals surface area contributed by atoms with Crippen molar-refractivity contribution in [1.82, 2.24) is 5.32 Å². The van der Waals surface area contributed by atoms with Crippen LogP contribution in [-0.4, -0.2) is 19.6 Å². The zero-order valence-corrected chi connectivity index (χ0v) is 12.2. The number of rotatable bonds is 5. The molecule has 0 aliphatic carbocycles. The summed E-state index contributed by atoms with van der Waals surface area (Å²) in [6.07, 6.45) is 0.628. The fourth-order valence-corrected chi connectivity index (χ4v) is 2.14. The number of para-hydroxylation sites is 1. The van der Waals surface area contributed by atoms with Crippen LogP contribution in [0, 0.1) is 12.7 Å². The van der Waals surface area contributed by atoms with Crippen molar-refractivity contribution in [3.63, 3.8) is 0 Å². The number of carbonyl (C=O) groups is 1. The second-order valence-corrected chi connectivity index (χ2v) is 4.75. The van der Waals surface area contributed by atoms with E-state index in [0.29, 0.717) is 18.5 Å². The van der Waals surface area contributed by atoms with Gasteiger partial charge in [0.2, 0.25) is 0 Å². The maximum Gasteiger partial charge on any atom is 0.254 e. The van der Waals surface area contributed by atoms with Gasteiger partial charge in [-0.3, -0.25) is 4.79 Å².